The van der Waals surface area contributed by atoms with Gasteiger partial charge in [0.15, 0.2) is 17.2 Å². The topological polar surface area (TPSA) is 74.6 Å². The van der Waals surface area contributed by atoms with Gasteiger partial charge >= 0.3 is 0 Å². The van der Waals surface area contributed by atoms with Gasteiger partial charge in [-0.2, -0.15) is 5.10 Å². The molecule has 0 saturated carbocycles. The number of nitrogens with one attached hydrogen (secondary N) is 1. The first-order chi connectivity index (χ1) is 13.7. The lowest BCUT2D eigenvalue weighted by Gasteiger charge is -2.24. The van der Waals surface area contributed by atoms with Crippen LogP contribution in [0.4, 0.5) is 5.69 Å². The predicted octanol–water partition coefficient (Wildman–Crippen LogP) is 3.44. The Morgan fingerprint density at radius 3 is 2.79 bits per heavy atom. The Balaban J connectivity index is 1.32. The summed E-state index contributed by atoms with van der Waals surface area (Å²) in [5.41, 5.74) is 4.14. The van der Waals surface area contributed by atoms with Crippen LogP contribution in [0.15, 0.2) is 48.5 Å². The minimum atomic E-state index is -0.231. The van der Waals surface area contributed by atoms with Gasteiger partial charge < -0.3 is 19.5 Å². The molecule has 1 atom stereocenters. The third-order valence-corrected chi connectivity index (χ3v) is 4.94. The summed E-state index contributed by atoms with van der Waals surface area (Å²) >= 11 is 0. The van der Waals surface area contributed by atoms with Gasteiger partial charge in [0.25, 0.3) is 5.91 Å². The highest BCUT2D eigenvalue weighted by Crippen LogP contribution is 2.36. The molecular weight excluding hydrogens is 358 g/mol. The van der Waals surface area contributed by atoms with Crippen LogP contribution in [0.3, 0.4) is 0 Å². The lowest BCUT2D eigenvalue weighted by molar-refractivity contribution is -0.00127. The SMILES string of the molecule is Cc1ccc(NC(=O)c2cc3n(n2)C[C@@H](c2ccc4c(c2)OCO4)OC3)cc1. The maximum Gasteiger partial charge on any atom is 0.276 e. The van der Waals surface area contributed by atoms with E-state index in [4.69, 9.17) is 14.2 Å². The van der Waals surface area contributed by atoms with Gasteiger partial charge in [0, 0.05) is 5.69 Å². The number of anilines is 1. The molecule has 0 spiro atoms. The summed E-state index contributed by atoms with van der Waals surface area (Å²) in [6.45, 7) is 3.18. The van der Waals surface area contributed by atoms with Crippen LogP contribution >= 0.6 is 0 Å². The molecule has 28 heavy (non-hydrogen) atoms. The second-order valence-corrected chi connectivity index (χ2v) is 6.94. The summed E-state index contributed by atoms with van der Waals surface area (Å²) in [7, 11) is 0. The van der Waals surface area contributed by atoms with E-state index in [9.17, 15) is 4.79 Å². The van der Waals surface area contributed by atoms with Crippen molar-refractivity contribution in [3.8, 4) is 11.5 Å². The molecule has 0 radical (unpaired) electrons. The van der Waals surface area contributed by atoms with Gasteiger partial charge in [-0.15, -0.1) is 0 Å². The van der Waals surface area contributed by atoms with E-state index in [1.54, 1.807) is 6.07 Å². The molecule has 1 N–H and O–H groups in total. The van der Waals surface area contributed by atoms with Crippen molar-refractivity contribution in [1.29, 1.82) is 0 Å². The van der Waals surface area contributed by atoms with Crippen molar-refractivity contribution < 1.29 is 19.0 Å². The van der Waals surface area contributed by atoms with Gasteiger partial charge in [-0.3, -0.25) is 9.48 Å². The zero-order valence-electron chi connectivity index (χ0n) is 15.3. The van der Waals surface area contributed by atoms with Gasteiger partial charge in [-0.05, 0) is 42.8 Å². The number of carbonyl (C=O) groups excluding carboxylic acids is 1. The van der Waals surface area contributed by atoms with Crippen LogP contribution in [0.25, 0.3) is 0 Å². The van der Waals surface area contributed by atoms with Crippen LogP contribution in [0.2, 0.25) is 0 Å². The fourth-order valence-corrected chi connectivity index (χ4v) is 3.38. The number of fused-ring (bicyclic) bond motifs is 2. The van der Waals surface area contributed by atoms with Gasteiger partial charge in [-0.25, -0.2) is 0 Å². The number of hydrogen-bond acceptors (Lipinski definition) is 5. The first kappa shape index (κ1) is 16.8. The Morgan fingerprint density at radius 2 is 1.93 bits per heavy atom. The van der Waals surface area contributed by atoms with E-state index >= 15 is 0 Å². The van der Waals surface area contributed by atoms with Crippen molar-refractivity contribution in [2.75, 3.05) is 12.1 Å². The zero-order chi connectivity index (χ0) is 19.1. The summed E-state index contributed by atoms with van der Waals surface area (Å²) in [4.78, 5) is 12.5. The van der Waals surface area contributed by atoms with E-state index in [0.717, 1.165) is 34.0 Å². The number of carbonyl (C=O) groups is 1. The third-order valence-electron chi connectivity index (χ3n) is 4.94. The Kier molecular flexibility index (Phi) is 4.02. The molecule has 0 bridgehead atoms. The average Bonchev–Trinajstić information content (AvgIpc) is 3.35. The normalized spacial score (nSPS) is 17.2. The molecular formula is C21H19N3O4. The van der Waals surface area contributed by atoms with E-state index < -0.39 is 0 Å². The average molecular weight is 377 g/mol. The van der Waals surface area contributed by atoms with Crippen molar-refractivity contribution in [3.05, 3.63) is 71.0 Å². The van der Waals surface area contributed by atoms with Crippen molar-refractivity contribution in [2.45, 2.75) is 26.2 Å². The quantitative estimate of drug-likeness (QED) is 0.757. The molecule has 3 heterocycles. The van der Waals surface area contributed by atoms with Crippen LogP contribution in [-0.2, 0) is 17.9 Å². The Morgan fingerprint density at radius 1 is 1.11 bits per heavy atom. The van der Waals surface area contributed by atoms with Crippen molar-refractivity contribution in [3.63, 3.8) is 0 Å². The van der Waals surface area contributed by atoms with Gasteiger partial charge in [0.1, 0.15) is 6.10 Å². The molecule has 7 heteroatoms. The number of nitrogens with zero attached hydrogens (tertiary/aromatic N) is 2. The van der Waals surface area contributed by atoms with E-state index in [-0.39, 0.29) is 18.8 Å². The molecule has 142 valence electrons. The summed E-state index contributed by atoms with van der Waals surface area (Å²) in [5.74, 6) is 1.24. The molecule has 2 aliphatic heterocycles. The van der Waals surface area contributed by atoms with Crippen molar-refractivity contribution in [1.82, 2.24) is 9.78 Å². The predicted molar refractivity (Wildman–Crippen MR) is 101 cm³/mol. The third kappa shape index (κ3) is 3.10. The first-order valence-corrected chi connectivity index (χ1v) is 9.11. The summed E-state index contributed by atoms with van der Waals surface area (Å²) in [6, 6.07) is 15.2. The summed E-state index contributed by atoms with van der Waals surface area (Å²) < 4.78 is 18.6. The molecule has 0 unspecified atom stereocenters. The number of aromatic nitrogens is 2. The maximum atomic E-state index is 12.5. The highest BCUT2D eigenvalue weighted by molar-refractivity contribution is 6.02. The second-order valence-electron chi connectivity index (χ2n) is 6.94. The summed E-state index contributed by atoms with van der Waals surface area (Å²) in [6.07, 6.45) is -0.157. The van der Waals surface area contributed by atoms with Crippen LogP contribution in [0, 0.1) is 6.92 Å². The van der Waals surface area contributed by atoms with Crippen LogP contribution < -0.4 is 14.8 Å². The van der Waals surface area contributed by atoms with Crippen molar-refractivity contribution in [2.24, 2.45) is 0 Å². The van der Waals surface area contributed by atoms with Crippen LogP contribution in [0.5, 0.6) is 11.5 Å². The molecule has 0 saturated heterocycles. The fourth-order valence-electron chi connectivity index (χ4n) is 3.38. The number of amides is 1. The van der Waals surface area contributed by atoms with Gasteiger partial charge in [0.05, 0.1) is 18.8 Å². The molecule has 7 nitrogen and oxygen atoms in total. The van der Waals surface area contributed by atoms with E-state index in [1.165, 1.54) is 0 Å². The summed E-state index contributed by atoms with van der Waals surface area (Å²) in [5, 5.41) is 7.36. The fraction of sp³-hybridized carbons (Fsp3) is 0.238. The number of aryl methyl sites for hydroxylation is 1. The van der Waals surface area contributed by atoms with Crippen molar-refractivity contribution >= 4 is 11.6 Å². The van der Waals surface area contributed by atoms with Gasteiger partial charge in [0.2, 0.25) is 6.79 Å². The molecule has 0 aliphatic carbocycles. The van der Waals surface area contributed by atoms with Crippen LogP contribution in [-0.4, -0.2) is 22.5 Å². The monoisotopic (exact) mass is 377 g/mol. The Bertz CT molecular complexity index is 1040. The van der Waals surface area contributed by atoms with E-state index in [2.05, 4.69) is 10.4 Å². The lowest BCUT2D eigenvalue weighted by Crippen LogP contribution is -2.22. The molecule has 1 amide bonds. The minimum Gasteiger partial charge on any atom is -0.454 e. The molecule has 5 rings (SSSR count). The molecule has 3 aromatic rings. The highest BCUT2D eigenvalue weighted by atomic mass is 16.7. The standard InChI is InChI=1S/C21H19N3O4/c1-13-2-5-15(6-3-13)22-21(25)17-9-16-11-26-20(10-24(16)23-17)14-4-7-18-19(8-14)28-12-27-18/h2-9,20H,10-12H2,1H3,(H,22,25)/t20-/m0/s1. The van der Waals surface area contributed by atoms with E-state index in [1.807, 2.05) is 54.1 Å². The number of hydrogen-bond donors (Lipinski definition) is 1. The molecule has 1 aromatic heterocycles. The Hall–Kier alpha value is -3.32. The lowest BCUT2D eigenvalue weighted by atomic mass is 10.1. The zero-order valence-corrected chi connectivity index (χ0v) is 15.3. The molecule has 0 fully saturated rings. The van der Waals surface area contributed by atoms with Crippen LogP contribution in [0.1, 0.15) is 33.4 Å². The first-order valence-electron chi connectivity index (χ1n) is 9.11. The molecule has 2 aromatic carbocycles. The number of benzene rings is 2. The maximum absolute atomic E-state index is 12.5. The smallest absolute Gasteiger partial charge is 0.276 e. The van der Waals surface area contributed by atoms with E-state index in [0.29, 0.717) is 18.8 Å². The number of rotatable bonds is 3. The Labute approximate surface area is 161 Å². The number of ether oxygens (including phenoxy) is 3. The minimum absolute atomic E-state index is 0.157. The molecule has 2 aliphatic rings. The largest absolute Gasteiger partial charge is 0.454 e. The van der Waals surface area contributed by atoms with Gasteiger partial charge in [-0.1, -0.05) is 23.8 Å². The second kappa shape index (κ2) is 6.69. The highest BCUT2D eigenvalue weighted by Gasteiger charge is 2.25.